The van der Waals surface area contributed by atoms with Crippen molar-refractivity contribution in [2.75, 3.05) is 13.1 Å². The zero-order valence-electron chi connectivity index (χ0n) is 22.5. The highest BCUT2D eigenvalue weighted by Crippen LogP contribution is 2.41. The predicted octanol–water partition coefficient (Wildman–Crippen LogP) is 7.20. The van der Waals surface area contributed by atoms with Crippen LogP contribution in [0.1, 0.15) is 54.8 Å². The lowest BCUT2D eigenvalue weighted by Crippen LogP contribution is -2.43. The van der Waals surface area contributed by atoms with E-state index >= 15 is 0 Å². The number of nitrogens with zero attached hydrogens (tertiary/aromatic N) is 2. The van der Waals surface area contributed by atoms with Crippen LogP contribution >= 0.6 is 0 Å². The van der Waals surface area contributed by atoms with Crippen LogP contribution in [0.4, 0.5) is 13.2 Å². The van der Waals surface area contributed by atoms with E-state index in [0.29, 0.717) is 37.2 Å². The Morgan fingerprint density at radius 3 is 2.23 bits per heavy atom. The van der Waals surface area contributed by atoms with Gasteiger partial charge in [0.1, 0.15) is 17.5 Å². The van der Waals surface area contributed by atoms with Crippen molar-refractivity contribution in [1.29, 1.82) is 0 Å². The van der Waals surface area contributed by atoms with Gasteiger partial charge < -0.3 is 15.2 Å². The fourth-order valence-corrected chi connectivity index (χ4v) is 4.98. The molecule has 1 heterocycles. The average molecular weight is 534 g/mol. The number of amides is 1. The van der Waals surface area contributed by atoms with Gasteiger partial charge in [0.05, 0.1) is 6.04 Å². The Labute approximate surface area is 227 Å². The summed E-state index contributed by atoms with van der Waals surface area (Å²) in [5.41, 5.74) is 8.21. The quantitative estimate of drug-likeness (QED) is 0.247. The third-order valence-corrected chi connectivity index (χ3v) is 6.73. The molecule has 7 heteroatoms. The predicted molar refractivity (Wildman–Crippen MR) is 149 cm³/mol. The Balaban J connectivity index is 1.89. The fraction of sp³-hybridized carbons (Fsp3) is 0.281. The fourth-order valence-electron chi connectivity index (χ4n) is 4.98. The summed E-state index contributed by atoms with van der Waals surface area (Å²) in [7, 11) is 0. The molecule has 1 atom stereocenters. The van der Waals surface area contributed by atoms with E-state index in [1.165, 1.54) is 30.3 Å². The highest BCUT2D eigenvalue weighted by atomic mass is 19.1. The van der Waals surface area contributed by atoms with E-state index in [-0.39, 0.29) is 11.5 Å². The molecule has 2 N–H and O–H groups in total. The first-order chi connectivity index (χ1) is 18.6. The number of rotatable bonds is 9. The molecule has 0 radical (unpaired) electrons. The molecule has 0 aliphatic heterocycles. The minimum atomic E-state index is -0.535. The summed E-state index contributed by atoms with van der Waals surface area (Å²) in [6.07, 6.45) is 2.37. The van der Waals surface area contributed by atoms with Crippen molar-refractivity contribution < 1.29 is 18.0 Å². The molecule has 1 aromatic heterocycles. The van der Waals surface area contributed by atoms with Crippen LogP contribution in [0, 0.1) is 22.9 Å². The third-order valence-electron chi connectivity index (χ3n) is 6.73. The molecule has 1 amide bonds. The zero-order chi connectivity index (χ0) is 28.2. The lowest BCUT2D eigenvalue weighted by molar-refractivity contribution is 0.0493. The van der Waals surface area contributed by atoms with Crippen molar-refractivity contribution in [2.24, 2.45) is 11.1 Å². The average Bonchev–Trinajstić information content (AvgIpc) is 3.30. The maximum Gasteiger partial charge on any atom is 0.254 e. The second kappa shape index (κ2) is 11.9. The van der Waals surface area contributed by atoms with Gasteiger partial charge in [-0.2, -0.15) is 0 Å². The number of nitrogens with two attached hydrogens (primary N) is 1. The van der Waals surface area contributed by atoms with Gasteiger partial charge in [0, 0.05) is 41.7 Å². The van der Waals surface area contributed by atoms with Crippen molar-refractivity contribution >= 4 is 5.91 Å². The van der Waals surface area contributed by atoms with Crippen LogP contribution in [0.3, 0.4) is 0 Å². The van der Waals surface area contributed by atoms with Crippen molar-refractivity contribution in [3.8, 4) is 11.1 Å². The molecule has 39 heavy (non-hydrogen) atoms. The van der Waals surface area contributed by atoms with E-state index in [4.69, 9.17) is 5.73 Å². The highest BCUT2D eigenvalue weighted by molar-refractivity contribution is 5.94. The van der Waals surface area contributed by atoms with Crippen LogP contribution in [0.5, 0.6) is 0 Å². The van der Waals surface area contributed by atoms with Gasteiger partial charge in [-0.1, -0.05) is 51.1 Å². The van der Waals surface area contributed by atoms with Crippen LogP contribution in [0.2, 0.25) is 0 Å². The molecule has 3 aromatic carbocycles. The number of carbonyl (C=O) groups is 1. The molecule has 4 aromatic rings. The molecule has 0 saturated heterocycles. The second-order valence-corrected chi connectivity index (χ2v) is 10.8. The minimum absolute atomic E-state index is 0.147. The zero-order valence-corrected chi connectivity index (χ0v) is 22.5. The molecular formula is C32H34F3N3O. The lowest BCUT2D eigenvalue weighted by atomic mass is 9.82. The SMILES string of the molecule is CC(C)(C)[C@H](c1cc(-c2cc(F)ccc2F)cn1Cc1ccccc1)N(CCCN)C(=O)c1ccc(F)cc1. The molecular weight excluding hydrogens is 499 g/mol. The van der Waals surface area contributed by atoms with E-state index in [1.807, 2.05) is 67.9 Å². The van der Waals surface area contributed by atoms with Crippen molar-refractivity contribution in [3.05, 3.63) is 119 Å². The summed E-state index contributed by atoms with van der Waals surface area (Å²) < 4.78 is 44.7. The number of hydrogen-bond donors (Lipinski definition) is 1. The van der Waals surface area contributed by atoms with Gasteiger partial charge in [-0.3, -0.25) is 4.79 Å². The van der Waals surface area contributed by atoms with Gasteiger partial charge in [-0.15, -0.1) is 0 Å². The summed E-state index contributed by atoms with van der Waals surface area (Å²) in [5.74, 6) is -1.75. The smallest absolute Gasteiger partial charge is 0.254 e. The molecule has 4 rings (SSSR count). The monoisotopic (exact) mass is 533 g/mol. The van der Waals surface area contributed by atoms with Crippen molar-refractivity contribution in [2.45, 2.75) is 39.8 Å². The standard InChI is InChI=1S/C32H34F3N3O/c1-32(2,3)30(38(17-7-16-36)31(39)23-10-12-25(33)13-11-23)29-18-24(27-19-26(34)14-15-28(27)35)21-37(29)20-22-8-5-4-6-9-22/h4-6,8-15,18-19,21,30H,7,16-17,20,36H2,1-3H3/t30-/m0/s1. The molecule has 0 saturated carbocycles. The van der Waals surface area contributed by atoms with Crippen LogP contribution in [0.25, 0.3) is 11.1 Å². The molecule has 204 valence electrons. The number of hydrogen-bond acceptors (Lipinski definition) is 2. The summed E-state index contributed by atoms with van der Waals surface area (Å²) >= 11 is 0. The molecule has 0 unspecified atom stereocenters. The molecule has 0 spiro atoms. The van der Waals surface area contributed by atoms with Gasteiger partial charge in [0.15, 0.2) is 0 Å². The Hall–Kier alpha value is -3.84. The Kier molecular flexibility index (Phi) is 8.60. The van der Waals surface area contributed by atoms with E-state index < -0.39 is 28.9 Å². The molecule has 0 fully saturated rings. The van der Waals surface area contributed by atoms with Crippen LogP contribution in [-0.4, -0.2) is 28.5 Å². The molecule has 0 bridgehead atoms. The highest BCUT2D eigenvalue weighted by Gasteiger charge is 2.37. The van der Waals surface area contributed by atoms with Gasteiger partial charge >= 0.3 is 0 Å². The lowest BCUT2D eigenvalue weighted by Gasteiger charge is -2.41. The Bertz CT molecular complexity index is 1410. The number of benzene rings is 3. The van der Waals surface area contributed by atoms with Crippen LogP contribution < -0.4 is 5.73 Å². The Morgan fingerprint density at radius 2 is 1.59 bits per heavy atom. The minimum Gasteiger partial charge on any atom is -0.344 e. The van der Waals surface area contributed by atoms with Crippen molar-refractivity contribution in [1.82, 2.24) is 9.47 Å². The normalized spacial score (nSPS) is 12.4. The molecule has 0 aliphatic carbocycles. The summed E-state index contributed by atoms with van der Waals surface area (Å²) in [6, 6.07) is 20.1. The maximum absolute atomic E-state index is 14.9. The van der Waals surface area contributed by atoms with Crippen LogP contribution in [0.15, 0.2) is 85.1 Å². The van der Waals surface area contributed by atoms with E-state index in [9.17, 15) is 18.0 Å². The summed E-state index contributed by atoms with van der Waals surface area (Å²) in [5, 5.41) is 0. The van der Waals surface area contributed by atoms with Crippen LogP contribution in [-0.2, 0) is 6.54 Å². The first kappa shape index (κ1) is 28.2. The largest absolute Gasteiger partial charge is 0.344 e. The molecule has 4 nitrogen and oxygen atoms in total. The van der Waals surface area contributed by atoms with E-state index in [2.05, 4.69) is 0 Å². The summed E-state index contributed by atoms with van der Waals surface area (Å²) in [6.45, 7) is 7.33. The van der Waals surface area contributed by atoms with Gasteiger partial charge in [0.25, 0.3) is 5.91 Å². The number of carbonyl (C=O) groups excluding carboxylic acids is 1. The van der Waals surface area contributed by atoms with Crippen molar-refractivity contribution in [3.63, 3.8) is 0 Å². The maximum atomic E-state index is 14.9. The first-order valence-corrected chi connectivity index (χ1v) is 13.0. The van der Waals surface area contributed by atoms with Gasteiger partial charge in [0.2, 0.25) is 0 Å². The van der Waals surface area contributed by atoms with Gasteiger partial charge in [-0.05, 0) is 72.5 Å². The van der Waals surface area contributed by atoms with Gasteiger partial charge in [-0.25, -0.2) is 13.2 Å². The summed E-state index contributed by atoms with van der Waals surface area (Å²) in [4.78, 5) is 15.7. The van der Waals surface area contributed by atoms with E-state index in [0.717, 1.165) is 23.4 Å². The number of halogens is 3. The van der Waals surface area contributed by atoms with E-state index in [1.54, 1.807) is 4.90 Å². The topological polar surface area (TPSA) is 51.3 Å². The number of aromatic nitrogens is 1. The molecule has 0 aliphatic rings. The second-order valence-electron chi connectivity index (χ2n) is 10.8. The first-order valence-electron chi connectivity index (χ1n) is 13.0. The Morgan fingerprint density at radius 1 is 0.923 bits per heavy atom. The third kappa shape index (κ3) is 6.60.